The highest BCUT2D eigenvalue weighted by Gasteiger charge is 2.22. The molecule has 0 aliphatic carbocycles. The molecule has 0 aliphatic heterocycles. The quantitative estimate of drug-likeness (QED) is 0.531. The van der Waals surface area contributed by atoms with Gasteiger partial charge in [-0.05, 0) is 61.4 Å². The number of aryl methyl sites for hydroxylation is 2. The third kappa shape index (κ3) is 3.64. The Hall–Kier alpha value is -3.46. The van der Waals surface area contributed by atoms with E-state index in [0.717, 1.165) is 22.0 Å². The normalized spacial score (nSPS) is 11.7. The molecule has 4 rings (SSSR count). The fourth-order valence-corrected chi connectivity index (χ4v) is 3.90. The Balaban J connectivity index is 2.01. The minimum absolute atomic E-state index is 0.206. The Labute approximate surface area is 168 Å². The molecule has 2 aromatic heterocycles. The topological polar surface area (TPSA) is 118 Å². The molecule has 0 saturated carbocycles. The number of H-pyrrole nitrogens is 1. The number of benzene rings is 2. The second kappa shape index (κ2) is 6.85. The Morgan fingerprint density at radius 3 is 2.55 bits per heavy atom. The van der Waals surface area contributed by atoms with Gasteiger partial charge in [-0.2, -0.15) is 10.1 Å². The summed E-state index contributed by atoms with van der Waals surface area (Å²) in [5.41, 5.74) is 9.19. The van der Waals surface area contributed by atoms with E-state index >= 15 is 0 Å². The van der Waals surface area contributed by atoms with E-state index in [1.165, 1.54) is 6.26 Å². The van der Waals surface area contributed by atoms with Crippen LogP contribution in [0.15, 0.2) is 53.6 Å². The number of hydrogen-bond acceptors (Lipinski definition) is 7. The summed E-state index contributed by atoms with van der Waals surface area (Å²) in [4.78, 5) is 10.6. The van der Waals surface area contributed by atoms with Gasteiger partial charge in [-0.25, -0.2) is 13.4 Å². The molecule has 8 nitrogen and oxygen atoms in total. The first-order valence-electron chi connectivity index (χ1n) is 8.87. The molecular weight excluding hydrogens is 388 g/mol. The summed E-state index contributed by atoms with van der Waals surface area (Å²) in [6.45, 7) is 3.83. The van der Waals surface area contributed by atoms with Gasteiger partial charge in [0.05, 0.1) is 16.1 Å². The van der Waals surface area contributed by atoms with E-state index in [4.69, 9.17) is 5.73 Å². The highest BCUT2D eigenvalue weighted by molar-refractivity contribution is 7.90. The van der Waals surface area contributed by atoms with Crippen molar-refractivity contribution in [1.29, 1.82) is 0 Å². The molecule has 2 aromatic carbocycles. The van der Waals surface area contributed by atoms with E-state index in [1.807, 2.05) is 38.1 Å². The van der Waals surface area contributed by atoms with Crippen LogP contribution in [0, 0.1) is 13.8 Å². The second-order valence-electron chi connectivity index (χ2n) is 6.99. The Kier molecular flexibility index (Phi) is 4.46. The first-order valence-corrected chi connectivity index (χ1v) is 10.8. The van der Waals surface area contributed by atoms with Crippen molar-refractivity contribution in [2.75, 3.05) is 16.9 Å². The van der Waals surface area contributed by atoms with Gasteiger partial charge in [0.2, 0.25) is 5.95 Å². The fraction of sp³-hybridized carbons (Fsp3) is 0.150. The number of nitrogens with two attached hydrogens (primary N) is 1. The Morgan fingerprint density at radius 1 is 1.03 bits per heavy atom. The van der Waals surface area contributed by atoms with E-state index in [0.29, 0.717) is 23.3 Å². The van der Waals surface area contributed by atoms with Crippen LogP contribution in [-0.4, -0.2) is 34.8 Å². The van der Waals surface area contributed by atoms with Gasteiger partial charge in [0.15, 0.2) is 15.7 Å². The molecule has 0 amide bonds. The number of sulfone groups is 1. The van der Waals surface area contributed by atoms with E-state index in [1.54, 1.807) is 29.3 Å². The van der Waals surface area contributed by atoms with Crippen molar-refractivity contribution in [2.45, 2.75) is 18.7 Å². The lowest BCUT2D eigenvalue weighted by Gasteiger charge is -2.22. The third-order valence-electron chi connectivity index (χ3n) is 4.50. The number of aromatic nitrogens is 4. The van der Waals surface area contributed by atoms with Crippen molar-refractivity contribution in [3.63, 3.8) is 0 Å². The summed E-state index contributed by atoms with van der Waals surface area (Å²) in [5, 5.41) is 8.35. The van der Waals surface area contributed by atoms with Crippen LogP contribution in [0.5, 0.6) is 0 Å². The second-order valence-corrected chi connectivity index (χ2v) is 9.01. The van der Waals surface area contributed by atoms with Crippen LogP contribution in [0.25, 0.3) is 10.9 Å². The first kappa shape index (κ1) is 18.9. The number of nitrogens with one attached hydrogen (secondary N) is 1. The van der Waals surface area contributed by atoms with Gasteiger partial charge in [-0.3, -0.25) is 10.00 Å². The van der Waals surface area contributed by atoms with E-state index in [-0.39, 0.29) is 4.90 Å². The van der Waals surface area contributed by atoms with E-state index in [9.17, 15) is 8.42 Å². The minimum atomic E-state index is -3.41. The van der Waals surface area contributed by atoms with Crippen molar-refractivity contribution >= 4 is 44.0 Å². The van der Waals surface area contributed by atoms with E-state index in [2.05, 4.69) is 20.2 Å². The zero-order valence-corrected chi connectivity index (χ0v) is 17.0. The van der Waals surface area contributed by atoms with Crippen LogP contribution in [0.2, 0.25) is 0 Å². The number of nitrogen functional groups attached to an aromatic ring is 1. The molecule has 0 aliphatic rings. The van der Waals surface area contributed by atoms with Crippen LogP contribution in [0.1, 0.15) is 11.1 Å². The summed E-state index contributed by atoms with van der Waals surface area (Å²) < 4.78 is 24.4. The Bertz CT molecular complexity index is 1330. The SMILES string of the molecule is Cc1cc(N(c2nccc(N)n2)c2n[nH]c3cc(C)ccc23)cc(S(C)(=O)=O)c1. The maximum Gasteiger partial charge on any atom is 0.237 e. The number of fused-ring (bicyclic) bond motifs is 1. The van der Waals surface area contributed by atoms with Gasteiger partial charge in [0.25, 0.3) is 0 Å². The average Bonchev–Trinajstić information content (AvgIpc) is 3.03. The van der Waals surface area contributed by atoms with Crippen molar-refractivity contribution < 1.29 is 8.42 Å². The summed E-state index contributed by atoms with van der Waals surface area (Å²) in [6, 6.07) is 12.6. The van der Waals surface area contributed by atoms with Crippen molar-refractivity contribution in [2.24, 2.45) is 0 Å². The summed E-state index contributed by atoms with van der Waals surface area (Å²) in [6.07, 6.45) is 2.73. The molecule has 0 atom stereocenters. The summed E-state index contributed by atoms with van der Waals surface area (Å²) in [7, 11) is -3.41. The monoisotopic (exact) mass is 408 g/mol. The number of anilines is 4. The smallest absolute Gasteiger partial charge is 0.237 e. The third-order valence-corrected chi connectivity index (χ3v) is 5.59. The zero-order valence-electron chi connectivity index (χ0n) is 16.2. The largest absolute Gasteiger partial charge is 0.384 e. The average molecular weight is 408 g/mol. The lowest BCUT2D eigenvalue weighted by molar-refractivity contribution is 0.602. The minimum Gasteiger partial charge on any atom is -0.384 e. The van der Waals surface area contributed by atoms with Crippen LogP contribution in [0.3, 0.4) is 0 Å². The van der Waals surface area contributed by atoms with Gasteiger partial charge >= 0.3 is 0 Å². The van der Waals surface area contributed by atoms with Gasteiger partial charge < -0.3 is 5.73 Å². The standard InChI is InChI=1S/C20H20N6O2S/c1-12-4-5-16-17(10-12)24-25-19(16)26(20-22-7-6-18(21)23-20)14-8-13(2)9-15(11-14)29(3,27)28/h4-11H,1-3H3,(H,24,25)(H2,21,22,23). The predicted octanol–water partition coefficient (Wildman–Crippen LogP) is 3.43. The van der Waals surface area contributed by atoms with Crippen LogP contribution in [0.4, 0.5) is 23.3 Å². The van der Waals surface area contributed by atoms with Crippen LogP contribution in [-0.2, 0) is 9.84 Å². The molecule has 3 N–H and O–H groups in total. The fourth-order valence-electron chi connectivity index (χ4n) is 3.16. The number of rotatable bonds is 4. The van der Waals surface area contributed by atoms with Gasteiger partial charge in [-0.1, -0.05) is 6.07 Å². The number of nitrogens with zero attached hydrogens (tertiary/aromatic N) is 4. The lowest BCUT2D eigenvalue weighted by atomic mass is 10.1. The van der Waals surface area contributed by atoms with Crippen molar-refractivity contribution in [3.8, 4) is 0 Å². The van der Waals surface area contributed by atoms with Gasteiger partial charge in [0.1, 0.15) is 5.82 Å². The zero-order chi connectivity index (χ0) is 20.8. The summed E-state index contributed by atoms with van der Waals surface area (Å²) >= 11 is 0. The highest BCUT2D eigenvalue weighted by atomic mass is 32.2. The van der Waals surface area contributed by atoms with Crippen molar-refractivity contribution in [3.05, 3.63) is 59.8 Å². The van der Waals surface area contributed by atoms with Gasteiger partial charge in [-0.15, -0.1) is 0 Å². The van der Waals surface area contributed by atoms with Crippen LogP contribution >= 0.6 is 0 Å². The molecule has 4 aromatic rings. The predicted molar refractivity (Wildman–Crippen MR) is 113 cm³/mol. The first-order chi connectivity index (χ1) is 13.7. The number of aromatic amines is 1. The summed E-state index contributed by atoms with van der Waals surface area (Å²) in [5.74, 6) is 1.14. The molecule has 148 valence electrons. The maximum absolute atomic E-state index is 12.2. The van der Waals surface area contributed by atoms with Gasteiger partial charge in [0, 0.05) is 17.8 Å². The molecule has 29 heavy (non-hydrogen) atoms. The van der Waals surface area contributed by atoms with Crippen LogP contribution < -0.4 is 10.6 Å². The highest BCUT2D eigenvalue weighted by Crippen LogP contribution is 2.37. The number of hydrogen-bond donors (Lipinski definition) is 2. The molecule has 0 saturated heterocycles. The maximum atomic E-state index is 12.2. The molecular formula is C20H20N6O2S. The molecule has 0 radical (unpaired) electrons. The lowest BCUT2D eigenvalue weighted by Crippen LogP contribution is -2.15. The molecule has 2 heterocycles. The molecule has 0 spiro atoms. The molecule has 0 bridgehead atoms. The molecule has 0 unspecified atom stereocenters. The van der Waals surface area contributed by atoms with E-state index < -0.39 is 9.84 Å². The Morgan fingerprint density at radius 2 is 1.83 bits per heavy atom. The van der Waals surface area contributed by atoms with Crippen molar-refractivity contribution in [1.82, 2.24) is 20.2 Å². The molecule has 0 fully saturated rings. The molecule has 9 heteroatoms.